The maximum absolute atomic E-state index is 11.1. The first-order chi connectivity index (χ1) is 9.54. The van der Waals surface area contributed by atoms with Gasteiger partial charge in [0.15, 0.2) is 0 Å². The number of aromatic nitrogens is 1. The highest BCUT2D eigenvalue weighted by atomic mass is 16.5. The molecule has 1 aromatic heterocycles. The second kappa shape index (κ2) is 8.56. The fourth-order valence-electron chi connectivity index (χ4n) is 1.90. The van der Waals surface area contributed by atoms with Crippen molar-refractivity contribution in [1.82, 2.24) is 4.98 Å². The van der Waals surface area contributed by atoms with Crippen molar-refractivity contribution in [3.63, 3.8) is 0 Å². The summed E-state index contributed by atoms with van der Waals surface area (Å²) < 4.78 is 5.59. The van der Waals surface area contributed by atoms with Gasteiger partial charge in [0.05, 0.1) is 12.2 Å². The zero-order chi connectivity index (χ0) is 15.0. The Hall–Kier alpha value is -1.58. The molecule has 0 spiro atoms. The number of aromatic carboxylic acids is 1. The van der Waals surface area contributed by atoms with Gasteiger partial charge in [0.25, 0.3) is 0 Å². The Morgan fingerprint density at radius 3 is 2.55 bits per heavy atom. The van der Waals surface area contributed by atoms with E-state index in [2.05, 4.69) is 11.9 Å². The first kappa shape index (κ1) is 16.5. The van der Waals surface area contributed by atoms with Crippen LogP contribution in [-0.2, 0) is 0 Å². The van der Waals surface area contributed by atoms with Crippen molar-refractivity contribution in [2.24, 2.45) is 0 Å². The minimum absolute atomic E-state index is 0.182. The molecule has 0 saturated carbocycles. The molecule has 112 valence electrons. The monoisotopic (exact) mass is 279 g/mol. The molecule has 0 radical (unpaired) electrons. The number of carbonyl (C=O) groups is 1. The van der Waals surface area contributed by atoms with Crippen LogP contribution < -0.4 is 4.74 Å². The molecule has 0 aromatic carbocycles. The van der Waals surface area contributed by atoms with Crippen LogP contribution in [0.1, 0.15) is 74.8 Å². The molecule has 0 aliphatic heterocycles. The van der Waals surface area contributed by atoms with Crippen LogP contribution in [0.25, 0.3) is 0 Å². The lowest BCUT2D eigenvalue weighted by Gasteiger charge is -2.10. The Kier molecular flexibility index (Phi) is 7.05. The highest BCUT2D eigenvalue weighted by Gasteiger charge is 2.11. The molecule has 4 nitrogen and oxygen atoms in total. The number of hydrogen-bond acceptors (Lipinski definition) is 3. The van der Waals surface area contributed by atoms with E-state index in [1.165, 1.54) is 25.3 Å². The lowest BCUT2D eigenvalue weighted by molar-refractivity contribution is 0.0696. The third-order valence-electron chi connectivity index (χ3n) is 3.16. The minimum atomic E-state index is -0.943. The van der Waals surface area contributed by atoms with Gasteiger partial charge in [-0.05, 0) is 18.4 Å². The van der Waals surface area contributed by atoms with Gasteiger partial charge in [0, 0.05) is 11.8 Å². The minimum Gasteiger partial charge on any atom is -0.478 e. The number of rotatable bonds is 9. The molecular weight excluding hydrogens is 254 g/mol. The smallest absolute Gasteiger partial charge is 0.335 e. The van der Waals surface area contributed by atoms with E-state index < -0.39 is 5.97 Å². The van der Waals surface area contributed by atoms with Crippen LogP contribution >= 0.6 is 0 Å². The quantitative estimate of drug-likeness (QED) is 0.686. The molecule has 0 aliphatic rings. The van der Waals surface area contributed by atoms with E-state index in [1.807, 2.05) is 13.8 Å². The standard InChI is InChI=1S/C16H25NO3/c1-4-5-6-7-8-9-20-15-11-13(16(18)19)10-14(17-15)12(2)3/h10-12H,4-9H2,1-3H3,(H,18,19). The van der Waals surface area contributed by atoms with Gasteiger partial charge in [0.2, 0.25) is 5.88 Å². The Morgan fingerprint density at radius 2 is 1.95 bits per heavy atom. The van der Waals surface area contributed by atoms with Crippen LogP contribution in [0.3, 0.4) is 0 Å². The van der Waals surface area contributed by atoms with E-state index in [0.717, 1.165) is 18.5 Å². The number of pyridine rings is 1. The van der Waals surface area contributed by atoms with E-state index in [9.17, 15) is 4.79 Å². The summed E-state index contributed by atoms with van der Waals surface area (Å²) in [6.07, 6.45) is 5.82. The Labute approximate surface area is 121 Å². The van der Waals surface area contributed by atoms with Crippen LogP contribution in [0, 0.1) is 0 Å². The molecule has 1 N–H and O–H groups in total. The van der Waals surface area contributed by atoms with E-state index in [0.29, 0.717) is 12.5 Å². The van der Waals surface area contributed by atoms with Gasteiger partial charge in [0.1, 0.15) is 0 Å². The number of carboxylic acid groups (broad SMARTS) is 1. The van der Waals surface area contributed by atoms with E-state index in [4.69, 9.17) is 9.84 Å². The highest BCUT2D eigenvalue weighted by molar-refractivity contribution is 5.88. The fraction of sp³-hybridized carbons (Fsp3) is 0.625. The van der Waals surface area contributed by atoms with Crippen molar-refractivity contribution in [3.05, 3.63) is 23.4 Å². The van der Waals surface area contributed by atoms with Gasteiger partial charge in [-0.3, -0.25) is 0 Å². The predicted molar refractivity (Wildman–Crippen MR) is 79.5 cm³/mol. The maximum atomic E-state index is 11.1. The van der Waals surface area contributed by atoms with E-state index in [-0.39, 0.29) is 11.5 Å². The molecule has 0 atom stereocenters. The molecule has 20 heavy (non-hydrogen) atoms. The third-order valence-corrected chi connectivity index (χ3v) is 3.16. The number of unbranched alkanes of at least 4 members (excludes halogenated alkanes) is 4. The number of nitrogens with zero attached hydrogens (tertiary/aromatic N) is 1. The van der Waals surface area contributed by atoms with Crippen molar-refractivity contribution in [1.29, 1.82) is 0 Å². The number of ether oxygens (including phenoxy) is 1. The summed E-state index contributed by atoms with van der Waals surface area (Å²) in [5.41, 5.74) is 0.996. The van der Waals surface area contributed by atoms with Gasteiger partial charge in [-0.15, -0.1) is 0 Å². The van der Waals surface area contributed by atoms with E-state index in [1.54, 1.807) is 6.07 Å². The molecule has 0 amide bonds. The number of carboxylic acids is 1. The van der Waals surface area contributed by atoms with E-state index >= 15 is 0 Å². The first-order valence-electron chi connectivity index (χ1n) is 7.42. The average Bonchev–Trinajstić information content (AvgIpc) is 2.42. The molecular formula is C16H25NO3. The van der Waals surface area contributed by atoms with Crippen molar-refractivity contribution in [2.45, 2.75) is 58.8 Å². The third kappa shape index (κ3) is 5.59. The topological polar surface area (TPSA) is 59.4 Å². The summed E-state index contributed by atoms with van der Waals surface area (Å²) in [4.78, 5) is 15.5. The number of hydrogen-bond donors (Lipinski definition) is 1. The summed E-state index contributed by atoms with van der Waals surface area (Å²) in [7, 11) is 0. The largest absolute Gasteiger partial charge is 0.478 e. The second-order valence-electron chi connectivity index (χ2n) is 5.34. The summed E-state index contributed by atoms with van der Waals surface area (Å²) in [5, 5.41) is 9.10. The first-order valence-corrected chi connectivity index (χ1v) is 7.42. The van der Waals surface area contributed by atoms with Crippen molar-refractivity contribution < 1.29 is 14.6 Å². The summed E-state index contributed by atoms with van der Waals surface area (Å²) in [5.74, 6) is -0.340. The van der Waals surface area contributed by atoms with Crippen molar-refractivity contribution >= 4 is 5.97 Å². The fourth-order valence-corrected chi connectivity index (χ4v) is 1.90. The lowest BCUT2D eigenvalue weighted by Crippen LogP contribution is -2.06. The van der Waals surface area contributed by atoms with Crippen LogP contribution in [-0.4, -0.2) is 22.7 Å². The van der Waals surface area contributed by atoms with Gasteiger partial charge in [-0.1, -0.05) is 46.5 Å². The second-order valence-corrected chi connectivity index (χ2v) is 5.34. The molecule has 1 aromatic rings. The summed E-state index contributed by atoms with van der Waals surface area (Å²) in [6.45, 7) is 6.76. The van der Waals surface area contributed by atoms with Crippen LogP contribution in [0.15, 0.2) is 12.1 Å². The van der Waals surface area contributed by atoms with Crippen LogP contribution in [0.4, 0.5) is 0 Å². The Balaban J connectivity index is 2.58. The van der Waals surface area contributed by atoms with Crippen molar-refractivity contribution in [2.75, 3.05) is 6.61 Å². The Morgan fingerprint density at radius 1 is 1.25 bits per heavy atom. The van der Waals surface area contributed by atoms with Crippen LogP contribution in [0.2, 0.25) is 0 Å². The highest BCUT2D eigenvalue weighted by Crippen LogP contribution is 2.19. The van der Waals surface area contributed by atoms with Crippen LogP contribution in [0.5, 0.6) is 5.88 Å². The van der Waals surface area contributed by atoms with Gasteiger partial charge in [-0.2, -0.15) is 0 Å². The molecule has 1 rings (SSSR count). The lowest BCUT2D eigenvalue weighted by atomic mass is 10.1. The van der Waals surface area contributed by atoms with Crippen molar-refractivity contribution in [3.8, 4) is 5.88 Å². The molecule has 0 saturated heterocycles. The predicted octanol–water partition coefficient (Wildman–Crippen LogP) is 4.25. The van der Waals surface area contributed by atoms with Gasteiger partial charge >= 0.3 is 5.97 Å². The normalized spacial score (nSPS) is 10.8. The van der Waals surface area contributed by atoms with Gasteiger partial charge < -0.3 is 9.84 Å². The maximum Gasteiger partial charge on any atom is 0.335 e. The molecule has 0 bridgehead atoms. The zero-order valence-corrected chi connectivity index (χ0v) is 12.7. The SMILES string of the molecule is CCCCCCCOc1cc(C(=O)O)cc(C(C)C)n1. The average molecular weight is 279 g/mol. The molecule has 1 heterocycles. The van der Waals surface area contributed by atoms with Gasteiger partial charge in [-0.25, -0.2) is 9.78 Å². The molecule has 4 heteroatoms. The summed E-state index contributed by atoms with van der Waals surface area (Å²) in [6, 6.07) is 3.11. The molecule has 0 unspecified atom stereocenters. The summed E-state index contributed by atoms with van der Waals surface area (Å²) >= 11 is 0. The Bertz CT molecular complexity index is 430. The molecule has 0 aliphatic carbocycles. The zero-order valence-electron chi connectivity index (χ0n) is 12.7. The molecule has 0 fully saturated rings.